The number of rotatable bonds is 2. The van der Waals surface area contributed by atoms with Crippen LogP contribution in [0, 0.1) is 6.92 Å². The largest absolute Gasteiger partial charge is 0.398 e. The molecule has 2 N–H and O–H groups in total. The Balaban J connectivity index is 1.98. The standard InChI is InChI=1S/C13H13N5O/c1-8-3-4-9(7-10(8)14)13-15-12(17-19-13)11-5-6-18(2)16-11/h3-7H,14H2,1-2H3. The molecule has 0 bridgehead atoms. The summed E-state index contributed by atoms with van der Waals surface area (Å²) < 4.78 is 6.93. The van der Waals surface area contributed by atoms with Gasteiger partial charge in [-0.2, -0.15) is 10.1 Å². The molecule has 0 amide bonds. The Kier molecular flexibility index (Phi) is 2.56. The van der Waals surface area contributed by atoms with E-state index >= 15 is 0 Å². The molecule has 0 atom stereocenters. The third kappa shape index (κ3) is 2.08. The molecule has 0 saturated heterocycles. The summed E-state index contributed by atoms with van der Waals surface area (Å²) >= 11 is 0. The highest BCUT2D eigenvalue weighted by molar-refractivity contribution is 5.63. The van der Waals surface area contributed by atoms with Gasteiger partial charge in [0.15, 0.2) is 0 Å². The Morgan fingerprint density at radius 3 is 2.79 bits per heavy atom. The summed E-state index contributed by atoms with van der Waals surface area (Å²) in [4.78, 5) is 4.33. The summed E-state index contributed by atoms with van der Waals surface area (Å²) in [5.74, 6) is 0.905. The lowest BCUT2D eigenvalue weighted by atomic mass is 10.1. The summed E-state index contributed by atoms with van der Waals surface area (Å²) in [5, 5.41) is 8.15. The number of anilines is 1. The van der Waals surface area contributed by atoms with Gasteiger partial charge in [-0.3, -0.25) is 4.68 Å². The van der Waals surface area contributed by atoms with Crippen molar-refractivity contribution >= 4 is 5.69 Å². The van der Waals surface area contributed by atoms with Crippen LogP contribution in [0.25, 0.3) is 23.0 Å². The van der Waals surface area contributed by atoms with Crippen molar-refractivity contribution in [1.29, 1.82) is 0 Å². The van der Waals surface area contributed by atoms with Gasteiger partial charge < -0.3 is 10.3 Å². The van der Waals surface area contributed by atoms with Crippen LogP contribution >= 0.6 is 0 Å². The van der Waals surface area contributed by atoms with Crippen LogP contribution in [0.3, 0.4) is 0 Å². The number of hydrogen-bond donors (Lipinski definition) is 1. The van der Waals surface area contributed by atoms with Crippen molar-refractivity contribution in [2.24, 2.45) is 7.05 Å². The quantitative estimate of drug-likeness (QED) is 0.708. The first kappa shape index (κ1) is 11.5. The molecular formula is C13H13N5O. The second kappa shape index (κ2) is 4.24. The number of hydrogen-bond acceptors (Lipinski definition) is 5. The Bertz CT molecular complexity index is 728. The Hall–Kier alpha value is -2.63. The van der Waals surface area contributed by atoms with Crippen LogP contribution in [0.1, 0.15) is 5.56 Å². The van der Waals surface area contributed by atoms with Crippen molar-refractivity contribution in [2.45, 2.75) is 6.92 Å². The van der Waals surface area contributed by atoms with Crippen molar-refractivity contribution < 1.29 is 4.52 Å². The molecule has 0 aliphatic heterocycles. The van der Waals surface area contributed by atoms with Crippen LogP contribution in [-0.4, -0.2) is 19.9 Å². The monoisotopic (exact) mass is 255 g/mol. The molecular weight excluding hydrogens is 242 g/mol. The fourth-order valence-electron chi connectivity index (χ4n) is 1.75. The van der Waals surface area contributed by atoms with Gasteiger partial charge in [-0.25, -0.2) is 0 Å². The van der Waals surface area contributed by atoms with E-state index in [9.17, 15) is 0 Å². The summed E-state index contributed by atoms with van der Waals surface area (Å²) in [5.41, 5.74) is 9.08. The number of aryl methyl sites for hydroxylation is 2. The molecule has 1 aromatic carbocycles. The molecule has 19 heavy (non-hydrogen) atoms. The molecule has 0 spiro atoms. The molecule has 0 aliphatic carbocycles. The maximum Gasteiger partial charge on any atom is 0.258 e. The zero-order valence-electron chi connectivity index (χ0n) is 10.7. The van der Waals surface area contributed by atoms with Gasteiger partial charge in [-0.15, -0.1) is 0 Å². The number of aromatic nitrogens is 4. The normalized spacial score (nSPS) is 10.8. The highest BCUT2D eigenvalue weighted by Gasteiger charge is 2.12. The molecule has 0 aliphatic rings. The lowest BCUT2D eigenvalue weighted by molar-refractivity contribution is 0.432. The third-order valence-corrected chi connectivity index (χ3v) is 2.89. The van der Waals surface area contributed by atoms with E-state index in [0.717, 1.165) is 11.1 Å². The Morgan fingerprint density at radius 1 is 1.26 bits per heavy atom. The first-order valence-electron chi connectivity index (χ1n) is 5.84. The van der Waals surface area contributed by atoms with Crippen molar-refractivity contribution in [3.8, 4) is 23.0 Å². The summed E-state index contributed by atoms with van der Waals surface area (Å²) in [6.07, 6.45) is 1.83. The maximum absolute atomic E-state index is 5.87. The van der Waals surface area contributed by atoms with E-state index in [4.69, 9.17) is 10.3 Å². The molecule has 96 valence electrons. The summed E-state index contributed by atoms with van der Waals surface area (Å²) in [6, 6.07) is 7.49. The number of nitrogens with two attached hydrogens (primary N) is 1. The lowest BCUT2D eigenvalue weighted by Gasteiger charge is -2.00. The highest BCUT2D eigenvalue weighted by atomic mass is 16.5. The molecule has 6 nitrogen and oxygen atoms in total. The van der Waals surface area contributed by atoms with Gasteiger partial charge in [0.25, 0.3) is 5.89 Å². The van der Waals surface area contributed by atoms with Crippen LogP contribution in [0.4, 0.5) is 5.69 Å². The number of benzene rings is 1. The molecule has 2 heterocycles. The van der Waals surface area contributed by atoms with Crippen LogP contribution in [-0.2, 0) is 7.05 Å². The molecule has 0 radical (unpaired) electrons. The zero-order valence-corrected chi connectivity index (χ0v) is 10.7. The maximum atomic E-state index is 5.87. The van der Waals surface area contributed by atoms with Gasteiger partial charge in [-0.1, -0.05) is 11.2 Å². The van der Waals surface area contributed by atoms with E-state index in [1.165, 1.54) is 0 Å². The van der Waals surface area contributed by atoms with Crippen molar-refractivity contribution in [1.82, 2.24) is 19.9 Å². The first-order chi connectivity index (χ1) is 9.13. The van der Waals surface area contributed by atoms with Crippen LogP contribution < -0.4 is 5.73 Å². The van der Waals surface area contributed by atoms with E-state index in [1.807, 2.05) is 44.4 Å². The fourth-order valence-corrected chi connectivity index (χ4v) is 1.75. The summed E-state index contributed by atoms with van der Waals surface area (Å²) in [7, 11) is 1.84. The van der Waals surface area contributed by atoms with Crippen molar-refractivity contribution in [3.05, 3.63) is 36.0 Å². The zero-order chi connectivity index (χ0) is 13.4. The van der Waals surface area contributed by atoms with Crippen molar-refractivity contribution in [2.75, 3.05) is 5.73 Å². The SMILES string of the molecule is Cc1ccc(-c2nc(-c3ccn(C)n3)no2)cc1N. The predicted molar refractivity (Wildman–Crippen MR) is 71.1 cm³/mol. The van der Waals surface area contributed by atoms with Gasteiger partial charge in [-0.05, 0) is 30.7 Å². The molecule has 2 aromatic heterocycles. The lowest BCUT2D eigenvalue weighted by Crippen LogP contribution is -1.90. The second-order valence-electron chi connectivity index (χ2n) is 4.37. The molecule has 0 unspecified atom stereocenters. The number of nitrogen functional groups attached to an aromatic ring is 1. The van der Waals surface area contributed by atoms with E-state index in [1.54, 1.807) is 4.68 Å². The molecule has 0 fully saturated rings. The smallest absolute Gasteiger partial charge is 0.258 e. The van der Waals surface area contributed by atoms with Gasteiger partial charge >= 0.3 is 0 Å². The molecule has 0 saturated carbocycles. The molecule has 3 rings (SSSR count). The Morgan fingerprint density at radius 2 is 2.11 bits per heavy atom. The van der Waals surface area contributed by atoms with Gasteiger partial charge in [0.2, 0.25) is 5.82 Å². The van der Waals surface area contributed by atoms with E-state index in [2.05, 4.69) is 15.2 Å². The van der Waals surface area contributed by atoms with Gasteiger partial charge in [0.05, 0.1) is 0 Å². The minimum atomic E-state index is 0.437. The predicted octanol–water partition coefficient (Wildman–Crippen LogP) is 2.03. The minimum absolute atomic E-state index is 0.437. The van der Waals surface area contributed by atoms with Gasteiger partial charge in [0.1, 0.15) is 5.69 Å². The molecule has 3 aromatic rings. The fraction of sp³-hybridized carbons (Fsp3) is 0.154. The summed E-state index contributed by atoms with van der Waals surface area (Å²) in [6.45, 7) is 1.95. The van der Waals surface area contributed by atoms with Crippen molar-refractivity contribution in [3.63, 3.8) is 0 Å². The third-order valence-electron chi connectivity index (χ3n) is 2.89. The average Bonchev–Trinajstić information content (AvgIpc) is 3.01. The van der Waals surface area contributed by atoms with Crippen LogP contribution in [0.15, 0.2) is 35.0 Å². The Labute approximate surface area is 109 Å². The van der Waals surface area contributed by atoms with Gasteiger partial charge in [0, 0.05) is 24.5 Å². The van der Waals surface area contributed by atoms with E-state index in [0.29, 0.717) is 23.1 Å². The topological polar surface area (TPSA) is 82.8 Å². The van der Waals surface area contributed by atoms with Crippen LogP contribution in [0.5, 0.6) is 0 Å². The highest BCUT2D eigenvalue weighted by Crippen LogP contribution is 2.24. The molecule has 6 heteroatoms. The number of nitrogens with zero attached hydrogens (tertiary/aromatic N) is 4. The second-order valence-corrected chi connectivity index (χ2v) is 4.37. The average molecular weight is 255 g/mol. The minimum Gasteiger partial charge on any atom is -0.398 e. The van der Waals surface area contributed by atoms with Crippen LogP contribution in [0.2, 0.25) is 0 Å². The van der Waals surface area contributed by atoms with E-state index < -0.39 is 0 Å². The first-order valence-corrected chi connectivity index (χ1v) is 5.84. The van der Waals surface area contributed by atoms with E-state index in [-0.39, 0.29) is 0 Å².